The summed E-state index contributed by atoms with van der Waals surface area (Å²) < 4.78 is 5.48. The van der Waals surface area contributed by atoms with Gasteiger partial charge in [0.1, 0.15) is 12.4 Å². The topological polar surface area (TPSA) is 67.0 Å². The van der Waals surface area contributed by atoms with E-state index < -0.39 is 0 Å². The Balaban J connectivity index is 2.14. The predicted molar refractivity (Wildman–Crippen MR) is 82.8 cm³/mol. The Labute approximate surface area is 124 Å². The molecule has 1 aromatic carbocycles. The van der Waals surface area contributed by atoms with Gasteiger partial charge in [0.05, 0.1) is 5.56 Å². The molecule has 2 aromatic rings. The molecule has 110 valence electrons. The molecule has 0 aliphatic heterocycles. The van der Waals surface area contributed by atoms with Crippen molar-refractivity contribution in [2.45, 2.75) is 19.8 Å². The van der Waals surface area contributed by atoms with E-state index in [4.69, 9.17) is 4.74 Å². The van der Waals surface area contributed by atoms with Crippen LogP contribution in [0.25, 0.3) is 0 Å². The van der Waals surface area contributed by atoms with Gasteiger partial charge < -0.3 is 10.1 Å². The number of nitrogens with one attached hydrogen (secondary N) is 2. The van der Waals surface area contributed by atoms with Crippen molar-refractivity contribution >= 4 is 11.7 Å². The van der Waals surface area contributed by atoms with Crippen LogP contribution in [0.5, 0.6) is 5.75 Å². The van der Waals surface area contributed by atoms with Crippen molar-refractivity contribution in [3.63, 3.8) is 0 Å². The van der Waals surface area contributed by atoms with Gasteiger partial charge in [-0.05, 0) is 18.1 Å². The average molecular weight is 285 g/mol. The first kappa shape index (κ1) is 14.8. The number of para-hydroxylation sites is 1. The molecule has 0 spiro atoms. The van der Waals surface area contributed by atoms with E-state index in [1.165, 1.54) is 0 Å². The van der Waals surface area contributed by atoms with Gasteiger partial charge >= 0.3 is 0 Å². The number of H-pyrrole nitrogens is 1. The normalized spacial score (nSPS) is 10.4. The van der Waals surface area contributed by atoms with Crippen LogP contribution in [0.2, 0.25) is 0 Å². The van der Waals surface area contributed by atoms with Crippen molar-refractivity contribution in [2.24, 2.45) is 0 Å². The van der Waals surface area contributed by atoms with Crippen molar-refractivity contribution in [1.29, 1.82) is 0 Å². The zero-order valence-electron chi connectivity index (χ0n) is 12.2. The van der Waals surface area contributed by atoms with Gasteiger partial charge in [0.25, 0.3) is 5.91 Å². The van der Waals surface area contributed by atoms with E-state index in [1.54, 1.807) is 24.3 Å². The zero-order chi connectivity index (χ0) is 15.2. The summed E-state index contributed by atoms with van der Waals surface area (Å²) in [7, 11) is 0. The lowest BCUT2D eigenvalue weighted by Gasteiger charge is -2.09. The first-order chi connectivity index (χ1) is 10.1. The van der Waals surface area contributed by atoms with Gasteiger partial charge in [0.15, 0.2) is 5.82 Å². The molecule has 1 amide bonds. The minimum absolute atomic E-state index is 0.253. The van der Waals surface area contributed by atoms with Crippen LogP contribution in [-0.2, 0) is 0 Å². The van der Waals surface area contributed by atoms with Crippen molar-refractivity contribution in [1.82, 2.24) is 10.2 Å². The summed E-state index contributed by atoms with van der Waals surface area (Å²) in [6.07, 6.45) is 1.64. The summed E-state index contributed by atoms with van der Waals surface area (Å²) in [5.41, 5.74) is 1.44. The van der Waals surface area contributed by atoms with Crippen LogP contribution in [0, 0.1) is 0 Å². The predicted octanol–water partition coefficient (Wildman–Crippen LogP) is 3.35. The summed E-state index contributed by atoms with van der Waals surface area (Å²) in [5, 5.41) is 9.75. The molecule has 0 bridgehead atoms. The fourth-order valence-electron chi connectivity index (χ4n) is 1.81. The quantitative estimate of drug-likeness (QED) is 0.800. The van der Waals surface area contributed by atoms with E-state index in [-0.39, 0.29) is 5.91 Å². The lowest BCUT2D eigenvalue weighted by atomic mass is 10.1. The fourth-order valence-corrected chi connectivity index (χ4v) is 1.81. The van der Waals surface area contributed by atoms with Gasteiger partial charge in [-0.3, -0.25) is 9.89 Å². The first-order valence-corrected chi connectivity index (χ1v) is 6.81. The molecule has 0 aliphatic rings. The van der Waals surface area contributed by atoms with Crippen molar-refractivity contribution in [2.75, 3.05) is 11.9 Å². The maximum absolute atomic E-state index is 12.3. The Bertz CT molecular complexity index is 632. The molecule has 1 aromatic heterocycles. The lowest BCUT2D eigenvalue weighted by Crippen LogP contribution is -2.14. The third-order valence-corrected chi connectivity index (χ3v) is 2.95. The summed E-state index contributed by atoms with van der Waals surface area (Å²) in [6.45, 7) is 8.06. The van der Waals surface area contributed by atoms with Gasteiger partial charge in [-0.2, -0.15) is 5.10 Å². The summed E-state index contributed by atoms with van der Waals surface area (Å²) in [5.74, 6) is 1.10. The number of nitrogens with zero attached hydrogens (tertiary/aromatic N) is 1. The van der Waals surface area contributed by atoms with Gasteiger partial charge in [-0.15, -0.1) is 0 Å². The van der Waals surface area contributed by atoms with Crippen molar-refractivity contribution < 1.29 is 9.53 Å². The number of amides is 1. The number of aromatic nitrogens is 2. The highest BCUT2D eigenvalue weighted by molar-refractivity contribution is 6.05. The van der Waals surface area contributed by atoms with Crippen LogP contribution < -0.4 is 10.1 Å². The molecular formula is C16H19N3O2. The minimum atomic E-state index is -0.253. The minimum Gasteiger partial charge on any atom is -0.489 e. The number of ether oxygens (including phenoxy) is 1. The van der Waals surface area contributed by atoms with E-state index in [2.05, 4.69) is 35.9 Å². The first-order valence-electron chi connectivity index (χ1n) is 6.81. The van der Waals surface area contributed by atoms with Crippen molar-refractivity contribution in [3.8, 4) is 5.75 Å². The third-order valence-electron chi connectivity index (χ3n) is 2.95. The lowest BCUT2D eigenvalue weighted by molar-refractivity contribution is 0.102. The smallest absolute Gasteiger partial charge is 0.260 e. The number of carbonyl (C=O) groups excluding carboxylic acids is 1. The molecule has 0 atom stereocenters. The number of benzene rings is 1. The van der Waals surface area contributed by atoms with E-state index in [0.717, 1.165) is 5.69 Å². The molecule has 0 saturated carbocycles. The fraction of sp³-hybridized carbons (Fsp3) is 0.250. The Morgan fingerprint density at radius 1 is 1.48 bits per heavy atom. The number of hydrogen-bond acceptors (Lipinski definition) is 3. The molecule has 2 N–H and O–H groups in total. The Kier molecular flexibility index (Phi) is 4.77. The van der Waals surface area contributed by atoms with E-state index in [1.807, 2.05) is 12.1 Å². The Morgan fingerprint density at radius 3 is 2.90 bits per heavy atom. The molecule has 0 unspecified atom stereocenters. The highest BCUT2D eigenvalue weighted by atomic mass is 16.5. The number of aromatic amines is 1. The number of anilines is 1. The number of hydrogen-bond donors (Lipinski definition) is 2. The van der Waals surface area contributed by atoms with Crippen LogP contribution in [0.4, 0.5) is 5.82 Å². The van der Waals surface area contributed by atoms with E-state index in [9.17, 15) is 4.79 Å². The van der Waals surface area contributed by atoms with Gasteiger partial charge in [0.2, 0.25) is 0 Å². The third kappa shape index (κ3) is 3.72. The van der Waals surface area contributed by atoms with Gasteiger partial charge in [-0.25, -0.2) is 0 Å². The monoisotopic (exact) mass is 285 g/mol. The molecule has 0 radical (unpaired) electrons. The summed E-state index contributed by atoms with van der Waals surface area (Å²) in [6, 6.07) is 8.91. The number of carbonyl (C=O) groups is 1. The molecule has 21 heavy (non-hydrogen) atoms. The largest absolute Gasteiger partial charge is 0.489 e. The molecular weight excluding hydrogens is 266 g/mol. The second-order valence-electron chi connectivity index (χ2n) is 4.91. The maximum Gasteiger partial charge on any atom is 0.260 e. The molecule has 1 heterocycles. The van der Waals surface area contributed by atoms with Crippen LogP contribution >= 0.6 is 0 Å². The zero-order valence-corrected chi connectivity index (χ0v) is 12.2. The molecule has 2 rings (SSSR count). The van der Waals surface area contributed by atoms with Crippen molar-refractivity contribution in [3.05, 3.63) is 54.2 Å². The Hall–Kier alpha value is -2.56. The highest BCUT2D eigenvalue weighted by Gasteiger charge is 2.14. The van der Waals surface area contributed by atoms with Crippen LogP contribution in [-0.4, -0.2) is 22.7 Å². The highest BCUT2D eigenvalue weighted by Crippen LogP contribution is 2.20. The van der Waals surface area contributed by atoms with Crippen LogP contribution in [0.15, 0.2) is 43.0 Å². The van der Waals surface area contributed by atoms with Crippen LogP contribution in [0.1, 0.15) is 35.8 Å². The molecule has 0 fully saturated rings. The number of rotatable bonds is 6. The second kappa shape index (κ2) is 6.74. The summed E-state index contributed by atoms with van der Waals surface area (Å²) in [4.78, 5) is 12.3. The van der Waals surface area contributed by atoms with E-state index in [0.29, 0.717) is 29.7 Å². The van der Waals surface area contributed by atoms with E-state index >= 15 is 0 Å². The molecule has 5 nitrogen and oxygen atoms in total. The Morgan fingerprint density at radius 2 is 2.24 bits per heavy atom. The molecule has 0 aliphatic carbocycles. The van der Waals surface area contributed by atoms with Crippen LogP contribution in [0.3, 0.4) is 0 Å². The summed E-state index contributed by atoms with van der Waals surface area (Å²) >= 11 is 0. The average Bonchev–Trinajstić information content (AvgIpc) is 2.94. The van der Waals surface area contributed by atoms with Gasteiger partial charge in [-0.1, -0.05) is 38.6 Å². The standard InChI is InChI=1S/C16H19N3O2/c1-4-9-21-14-8-6-5-7-12(14)16(20)17-15-10-13(11(2)3)18-19-15/h4-8,10-11H,1,9H2,2-3H3,(H2,17,18,19,20). The maximum atomic E-state index is 12.3. The van der Waals surface area contributed by atoms with Gasteiger partial charge in [0, 0.05) is 11.8 Å². The molecule has 0 saturated heterocycles. The second-order valence-corrected chi connectivity index (χ2v) is 4.91. The molecule has 5 heteroatoms. The SMILES string of the molecule is C=CCOc1ccccc1C(=O)Nc1cc(C(C)C)[nH]n1.